The molecule has 10 rings (SSSR count). The molecule has 0 saturated heterocycles. The summed E-state index contributed by atoms with van der Waals surface area (Å²) >= 11 is 4.90. The number of aromatic nitrogens is 1. The number of hydrogen-bond donors (Lipinski definition) is 1. The largest absolute Gasteiger partial charge is 0.310 e. The molecule has 0 bridgehead atoms. The van der Waals surface area contributed by atoms with Crippen molar-refractivity contribution in [1.29, 1.82) is 0 Å². The molecule has 3 aliphatic rings. The first-order chi connectivity index (χ1) is 26.1. The van der Waals surface area contributed by atoms with Crippen molar-refractivity contribution in [2.24, 2.45) is 0 Å². The quantitative estimate of drug-likeness (QED) is 0.135. The molecule has 0 N–H and O–H groups in total. The molecule has 6 aromatic carbocycles. The number of nitrogens with zero attached hydrogens (tertiary/aromatic N) is 2. The van der Waals surface area contributed by atoms with Crippen LogP contribution in [0.15, 0.2) is 175 Å². The first-order valence-corrected chi connectivity index (χ1v) is 18.4. The summed E-state index contributed by atoms with van der Waals surface area (Å²) < 4.78 is 2.27. The van der Waals surface area contributed by atoms with Crippen LogP contribution < -0.4 is 4.90 Å². The Morgan fingerprint density at radius 3 is 2.17 bits per heavy atom. The third-order valence-electron chi connectivity index (χ3n) is 11.2. The zero-order chi connectivity index (χ0) is 35.7. The molecule has 1 aromatic heterocycles. The molecule has 0 aliphatic heterocycles. The summed E-state index contributed by atoms with van der Waals surface area (Å²) in [6.45, 7) is 8.47. The van der Waals surface area contributed by atoms with Crippen LogP contribution in [-0.2, 0) is 5.41 Å². The zero-order valence-electron chi connectivity index (χ0n) is 29.1. The van der Waals surface area contributed by atoms with E-state index in [1.165, 1.54) is 44.5 Å². The third-order valence-corrected chi connectivity index (χ3v) is 11.5. The van der Waals surface area contributed by atoms with Crippen LogP contribution in [0.2, 0.25) is 0 Å². The highest BCUT2D eigenvalue weighted by Gasteiger charge is 2.52. The standard InChI is InChI=1S/C50H34N2S/c1-3-38-43-30-35(25-29-49(43)52(48(38)4-2)34-18-10-6-11-19-34)51(33-16-8-5-9-17-33)36-24-27-41-40-21-14-15-23-45(40)50(46(41)31-36)44-22-13-7-12-20-39(44)42-28-26-37(53)32-47(42)50/h3-6,8-12,14-21,23-32,53H,1-2,22H2. The van der Waals surface area contributed by atoms with Gasteiger partial charge in [0, 0.05) is 45.0 Å². The molecule has 7 aromatic rings. The maximum Gasteiger partial charge on any atom is 0.0698 e. The Kier molecular flexibility index (Phi) is 7.12. The summed E-state index contributed by atoms with van der Waals surface area (Å²) in [5.41, 5.74) is 17.2. The van der Waals surface area contributed by atoms with Crippen molar-refractivity contribution in [1.82, 2.24) is 4.57 Å². The van der Waals surface area contributed by atoms with Gasteiger partial charge in [-0.3, -0.25) is 0 Å². The van der Waals surface area contributed by atoms with Crippen LogP contribution in [0, 0.1) is 11.8 Å². The fraction of sp³-hybridized carbons (Fsp3) is 0.0400. The highest BCUT2D eigenvalue weighted by molar-refractivity contribution is 7.80. The molecule has 0 fully saturated rings. The van der Waals surface area contributed by atoms with Crippen LogP contribution in [0.5, 0.6) is 0 Å². The van der Waals surface area contributed by atoms with Crippen molar-refractivity contribution >= 4 is 58.3 Å². The lowest BCUT2D eigenvalue weighted by atomic mass is 9.69. The van der Waals surface area contributed by atoms with Gasteiger partial charge >= 0.3 is 0 Å². The van der Waals surface area contributed by atoms with Crippen molar-refractivity contribution < 1.29 is 0 Å². The minimum absolute atomic E-state index is 0.497. The molecule has 53 heavy (non-hydrogen) atoms. The number of fused-ring (bicyclic) bond motifs is 10. The van der Waals surface area contributed by atoms with Crippen molar-refractivity contribution in [2.45, 2.75) is 16.7 Å². The average molecular weight is 695 g/mol. The molecular weight excluding hydrogens is 661 g/mol. The van der Waals surface area contributed by atoms with Gasteiger partial charge in [0.1, 0.15) is 0 Å². The second-order valence-corrected chi connectivity index (χ2v) is 14.2. The lowest BCUT2D eigenvalue weighted by molar-refractivity contribution is 0.748. The molecule has 1 spiro atoms. The van der Waals surface area contributed by atoms with Crippen molar-refractivity contribution in [2.75, 3.05) is 4.90 Å². The number of anilines is 3. The maximum atomic E-state index is 4.90. The van der Waals surface area contributed by atoms with E-state index >= 15 is 0 Å². The Morgan fingerprint density at radius 1 is 0.660 bits per heavy atom. The maximum absolute atomic E-state index is 4.90. The zero-order valence-corrected chi connectivity index (χ0v) is 29.9. The van der Waals surface area contributed by atoms with E-state index in [9.17, 15) is 0 Å². The third kappa shape index (κ3) is 4.43. The van der Waals surface area contributed by atoms with Crippen LogP contribution in [0.3, 0.4) is 0 Å². The number of para-hydroxylation sites is 2. The lowest BCUT2D eigenvalue weighted by Crippen LogP contribution is -2.27. The van der Waals surface area contributed by atoms with Gasteiger partial charge in [-0.2, -0.15) is 0 Å². The van der Waals surface area contributed by atoms with Gasteiger partial charge in [0.25, 0.3) is 0 Å². The molecule has 250 valence electrons. The van der Waals surface area contributed by atoms with E-state index in [4.69, 9.17) is 12.6 Å². The van der Waals surface area contributed by atoms with Gasteiger partial charge < -0.3 is 9.47 Å². The normalized spacial score (nSPS) is 16.0. The number of thiol groups is 1. The summed E-state index contributed by atoms with van der Waals surface area (Å²) in [5, 5.41) is 1.12. The van der Waals surface area contributed by atoms with Crippen LogP contribution in [0.1, 0.15) is 39.9 Å². The topological polar surface area (TPSA) is 8.17 Å². The fourth-order valence-electron chi connectivity index (χ4n) is 9.13. The molecule has 1 unspecified atom stereocenters. The molecule has 3 aliphatic carbocycles. The van der Waals surface area contributed by atoms with E-state index in [2.05, 4.69) is 174 Å². The fourth-order valence-corrected chi connectivity index (χ4v) is 9.33. The first kappa shape index (κ1) is 31.3. The highest BCUT2D eigenvalue weighted by Crippen LogP contribution is 2.63. The van der Waals surface area contributed by atoms with Gasteiger partial charge in [-0.1, -0.05) is 104 Å². The predicted molar refractivity (Wildman–Crippen MR) is 226 cm³/mol. The number of benzene rings is 6. The second-order valence-electron chi connectivity index (χ2n) is 13.7. The summed E-state index contributed by atoms with van der Waals surface area (Å²) in [6, 6.07) is 50.5. The predicted octanol–water partition coefficient (Wildman–Crippen LogP) is 12.7. The summed E-state index contributed by atoms with van der Waals surface area (Å²) in [6.07, 6.45) is 8.79. The van der Waals surface area contributed by atoms with Gasteiger partial charge in [0.05, 0.1) is 16.6 Å². The van der Waals surface area contributed by atoms with Crippen LogP contribution in [0.4, 0.5) is 17.1 Å². The van der Waals surface area contributed by atoms with E-state index in [-0.39, 0.29) is 0 Å². The van der Waals surface area contributed by atoms with E-state index in [1.54, 1.807) is 0 Å². The molecule has 0 saturated carbocycles. The molecular formula is C50H34N2S. The summed E-state index contributed by atoms with van der Waals surface area (Å²) in [4.78, 5) is 3.33. The molecule has 2 nitrogen and oxygen atoms in total. The molecule has 3 heteroatoms. The van der Waals surface area contributed by atoms with Crippen molar-refractivity contribution in [3.05, 3.63) is 204 Å². The van der Waals surface area contributed by atoms with Gasteiger partial charge in [0.2, 0.25) is 0 Å². The number of allylic oxidation sites excluding steroid dienone is 4. The molecule has 0 amide bonds. The summed E-state index contributed by atoms with van der Waals surface area (Å²) in [7, 11) is 0. The monoisotopic (exact) mass is 694 g/mol. The second kappa shape index (κ2) is 12.1. The Labute approximate surface area is 315 Å². The van der Waals surface area contributed by atoms with Gasteiger partial charge in [0.15, 0.2) is 0 Å². The van der Waals surface area contributed by atoms with Gasteiger partial charge in [-0.15, -0.1) is 12.6 Å². The Bertz CT molecular complexity index is 2810. The van der Waals surface area contributed by atoms with Crippen LogP contribution in [0.25, 0.3) is 45.4 Å². The minimum Gasteiger partial charge on any atom is -0.310 e. The number of hydrogen-bond acceptors (Lipinski definition) is 2. The Morgan fingerprint density at radius 2 is 1.36 bits per heavy atom. The molecule has 0 radical (unpaired) electrons. The first-order valence-electron chi connectivity index (χ1n) is 17.9. The molecule has 1 atom stereocenters. The lowest BCUT2D eigenvalue weighted by Gasteiger charge is -2.33. The minimum atomic E-state index is -0.497. The van der Waals surface area contributed by atoms with Crippen molar-refractivity contribution in [3.63, 3.8) is 0 Å². The van der Waals surface area contributed by atoms with E-state index in [0.29, 0.717) is 6.42 Å². The summed E-state index contributed by atoms with van der Waals surface area (Å²) in [5.74, 6) is 6.76. The van der Waals surface area contributed by atoms with Crippen molar-refractivity contribution in [3.8, 4) is 28.7 Å². The Balaban J connectivity index is 1.24. The van der Waals surface area contributed by atoms with Gasteiger partial charge in [-0.25, -0.2) is 0 Å². The SMILES string of the molecule is C=Cc1c(C=C)n(-c2ccccc2)c2ccc(N(c3ccccc3)c3ccc4c(c3)C3(C5=C(C=CC#CC5)c5ccc(S)cc53)c3ccccc3-4)cc12. The number of rotatable bonds is 6. The van der Waals surface area contributed by atoms with Crippen LogP contribution in [-0.4, -0.2) is 4.57 Å². The van der Waals surface area contributed by atoms with E-state index in [0.717, 1.165) is 49.8 Å². The molecule has 1 heterocycles. The average Bonchev–Trinajstić information content (AvgIpc) is 3.68. The van der Waals surface area contributed by atoms with Gasteiger partial charge in [-0.05, 0) is 129 Å². The Hall–Kier alpha value is -6.47. The highest BCUT2D eigenvalue weighted by atomic mass is 32.1. The van der Waals surface area contributed by atoms with Crippen LogP contribution >= 0.6 is 12.6 Å². The smallest absolute Gasteiger partial charge is 0.0698 e. The van der Waals surface area contributed by atoms with E-state index in [1.807, 2.05) is 24.3 Å². The van der Waals surface area contributed by atoms with E-state index < -0.39 is 5.41 Å².